The van der Waals surface area contributed by atoms with E-state index in [2.05, 4.69) is 252 Å². The molecule has 3 aromatic heterocycles. The quantitative estimate of drug-likeness (QED) is 0.118. The smallest absolute Gasteiger partial charge is 0.160 e. The van der Waals surface area contributed by atoms with Gasteiger partial charge in [0.2, 0.25) is 0 Å². The highest BCUT2D eigenvalue weighted by atomic mass is 15.0. The molecular weight excluding hydrogens is 861 g/mol. The van der Waals surface area contributed by atoms with Crippen molar-refractivity contribution in [1.29, 1.82) is 0 Å². The highest BCUT2D eigenvalue weighted by molar-refractivity contribution is 6.21. The number of pyridine rings is 1. The molecule has 330 valence electrons. The van der Waals surface area contributed by atoms with Crippen LogP contribution in [0.25, 0.3) is 138 Å². The van der Waals surface area contributed by atoms with E-state index < -0.39 is 0 Å². The van der Waals surface area contributed by atoms with Crippen molar-refractivity contribution in [1.82, 2.24) is 19.5 Å². The molecule has 14 rings (SSSR count). The van der Waals surface area contributed by atoms with E-state index in [4.69, 9.17) is 9.97 Å². The van der Waals surface area contributed by atoms with E-state index in [-0.39, 0.29) is 0 Å². The van der Waals surface area contributed by atoms with Gasteiger partial charge >= 0.3 is 0 Å². The lowest BCUT2D eigenvalue weighted by Crippen LogP contribution is -1.97. The molecule has 11 aromatic carbocycles. The monoisotopic (exact) mass is 902 g/mol. The molecule has 0 bridgehead atoms. The Bertz CT molecular complexity index is 4330. The van der Waals surface area contributed by atoms with Gasteiger partial charge in [-0.05, 0) is 125 Å². The van der Waals surface area contributed by atoms with Gasteiger partial charge in [-0.15, -0.1) is 0 Å². The van der Waals surface area contributed by atoms with E-state index in [9.17, 15) is 0 Å². The Morgan fingerprint density at radius 1 is 0.296 bits per heavy atom. The molecule has 0 saturated heterocycles. The first-order valence-electron chi connectivity index (χ1n) is 24.2. The number of hydrogen-bond acceptors (Lipinski definition) is 3. The van der Waals surface area contributed by atoms with Crippen molar-refractivity contribution in [2.45, 2.75) is 0 Å². The summed E-state index contributed by atoms with van der Waals surface area (Å²) in [6.07, 6.45) is 3.85. The Morgan fingerprint density at radius 3 is 1.58 bits per heavy atom. The molecule has 0 atom stereocenters. The van der Waals surface area contributed by atoms with Crippen LogP contribution in [0.1, 0.15) is 0 Å². The van der Waals surface area contributed by atoms with E-state index in [1.165, 1.54) is 59.8 Å². The zero-order valence-electron chi connectivity index (χ0n) is 38.5. The number of para-hydroxylation sites is 1. The molecule has 0 saturated carbocycles. The molecule has 0 fully saturated rings. The van der Waals surface area contributed by atoms with Gasteiger partial charge in [-0.25, -0.2) is 9.97 Å². The average Bonchev–Trinajstić information content (AvgIpc) is 3.78. The van der Waals surface area contributed by atoms with E-state index in [0.717, 1.165) is 72.3 Å². The lowest BCUT2D eigenvalue weighted by atomic mass is 9.85. The molecule has 0 radical (unpaired) electrons. The van der Waals surface area contributed by atoms with Crippen LogP contribution >= 0.6 is 0 Å². The minimum Gasteiger partial charge on any atom is -0.309 e. The normalized spacial score (nSPS) is 11.7. The number of nitrogens with zero attached hydrogens (tertiary/aromatic N) is 4. The van der Waals surface area contributed by atoms with E-state index in [0.29, 0.717) is 5.82 Å². The molecule has 3 heterocycles. The van der Waals surface area contributed by atoms with Crippen molar-refractivity contribution in [2.24, 2.45) is 0 Å². The second kappa shape index (κ2) is 16.6. The fourth-order valence-corrected chi connectivity index (χ4v) is 11.0. The maximum Gasteiger partial charge on any atom is 0.160 e. The second-order valence-electron chi connectivity index (χ2n) is 18.3. The first-order valence-corrected chi connectivity index (χ1v) is 24.2. The number of rotatable bonds is 7. The van der Waals surface area contributed by atoms with Gasteiger partial charge in [0.25, 0.3) is 0 Å². The van der Waals surface area contributed by atoms with Crippen LogP contribution in [0.15, 0.2) is 255 Å². The minimum atomic E-state index is 0.670. The standard InChI is InChI=1S/C67H42N4/c1-3-16-45(17-4-1)65-54-26-11-13-28-56(54)66(57-29-14-12-27-55(57)65)48-19-15-20-49(38-48)67-69-61(41-62(70-67)58-40-47-18-7-8-23-51(47)52-24-9-10-25-53(52)58)44-32-30-43(31-33-44)46-34-35-63-59(39-46)60-42-68-37-36-64(60)71(63)50-21-5-2-6-22-50/h1-42H. The minimum absolute atomic E-state index is 0.670. The van der Waals surface area contributed by atoms with Crippen LogP contribution in [0.4, 0.5) is 0 Å². The van der Waals surface area contributed by atoms with Gasteiger partial charge in [0, 0.05) is 45.5 Å². The summed E-state index contributed by atoms with van der Waals surface area (Å²) in [6, 6.07) is 87.2. The predicted molar refractivity (Wildman–Crippen MR) is 297 cm³/mol. The summed E-state index contributed by atoms with van der Waals surface area (Å²) in [6.45, 7) is 0. The van der Waals surface area contributed by atoms with E-state index in [1.807, 2.05) is 12.4 Å². The summed E-state index contributed by atoms with van der Waals surface area (Å²) in [7, 11) is 0. The molecular formula is C67H42N4. The number of fused-ring (bicyclic) bond motifs is 8. The van der Waals surface area contributed by atoms with Crippen molar-refractivity contribution in [3.05, 3.63) is 255 Å². The fraction of sp³-hybridized carbons (Fsp3) is 0. The Labute approximate surface area is 410 Å². The molecule has 0 aliphatic carbocycles. The summed E-state index contributed by atoms with van der Waals surface area (Å²) >= 11 is 0. The van der Waals surface area contributed by atoms with Crippen LogP contribution in [0, 0.1) is 0 Å². The van der Waals surface area contributed by atoms with Gasteiger partial charge in [0.15, 0.2) is 5.82 Å². The fourth-order valence-electron chi connectivity index (χ4n) is 11.0. The number of hydrogen-bond donors (Lipinski definition) is 0. The van der Waals surface area contributed by atoms with Gasteiger partial charge in [0.1, 0.15) is 0 Å². The topological polar surface area (TPSA) is 43.6 Å². The van der Waals surface area contributed by atoms with Gasteiger partial charge in [0.05, 0.1) is 22.4 Å². The van der Waals surface area contributed by atoms with Crippen molar-refractivity contribution in [3.63, 3.8) is 0 Å². The SMILES string of the molecule is c1ccc(-c2c3ccccc3c(-c3cccc(-c4nc(-c5ccc(-c6ccc7c(c6)c6cnccc6n7-c6ccccc6)cc5)cc(-c5cc6ccccc6c6ccccc56)n4)c3)c3ccccc23)cc1. The van der Waals surface area contributed by atoms with E-state index >= 15 is 0 Å². The lowest BCUT2D eigenvalue weighted by Gasteiger charge is -2.18. The first kappa shape index (κ1) is 40.5. The zero-order valence-corrected chi connectivity index (χ0v) is 38.5. The summed E-state index contributed by atoms with van der Waals surface area (Å²) < 4.78 is 2.32. The zero-order chi connectivity index (χ0) is 46.8. The summed E-state index contributed by atoms with van der Waals surface area (Å²) in [5.74, 6) is 0.670. The third-order valence-corrected chi connectivity index (χ3v) is 14.3. The summed E-state index contributed by atoms with van der Waals surface area (Å²) in [5, 5.41) is 11.9. The van der Waals surface area contributed by atoms with Gasteiger partial charge < -0.3 is 4.57 Å². The Kier molecular flexibility index (Phi) is 9.49. The summed E-state index contributed by atoms with van der Waals surface area (Å²) in [5.41, 5.74) is 15.2. The summed E-state index contributed by atoms with van der Waals surface area (Å²) in [4.78, 5) is 15.5. The molecule has 0 amide bonds. The molecule has 4 heteroatoms. The number of benzene rings is 11. The van der Waals surface area contributed by atoms with Gasteiger partial charge in [-0.2, -0.15) is 0 Å². The predicted octanol–water partition coefficient (Wildman–Crippen LogP) is 17.6. The van der Waals surface area contributed by atoms with Crippen LogP contribution in [-0.4, -0.2) is 19.5 Å². The van der Waals surface area contributed by atoms with Crippen LogP contribution < -0.4 is 0 Å². The highest BCUT2D eigenvalue weighted by Crippen LogP contribution is 2.45. The second-order valence-corrected chi connectivity index (χ2v) is 18.3. The van der Waals surface area contributed by atoms with Crippen molar-refractivity contribution >= 4 is 64.9 Å². The maximum absolute atomic E-state index is 5.49. The Hall–Kier alpha value is -9.51. The largest absolute Gasteiger partial charge is 0.309 e. The van der Waals surface area contributed by atoms with E-state index in [1.54, 1.807) is 0 Å². The van der Waals surface area contributed by atoms with Crippen molar-refractivity contribution < 1.29 is 0 Å². The average molecular weight is 903 g/mol. The Balaban J connectivity index is 0.932. The van der Waals surface area contributed by atoms with Crippen LogP contribution in [-0.2, 0) is 0 Å². The molecule has 0 aliphatic heterocycles. The van der Waals surface area contributed by atoms with Crippen LogP contribution in [0.5, 0.6) is 0 Å². The molecule has 0 aliphatic rings. The van der Waals surface area contributed by atoms with Crippen molar-refractivity contribution in [3.8, 4) is 73.0 Å². The van der Waals surface area contributed by atoms with Gasteiger partial charge in [-0.1, -0.05) is 194 Å². The first-order chi connectivity index (χ1) is 35.2. The lowest BCUT2D eigenvalue weighted by molar-refractivity contribution is 1.17. The maximum atomic E-state index is 5.49. The number of aromatic nitrogens is 4. The highest BCUT2D eigenvalue weighted by Gasteiger charge is 2.20. The molecule has 0 N–H and O–H groups in total. The molecule has 14 aromatic rings. The molecule has 0 unspecified atom stereocenters. The molecule has 71 heavy (non-hydrogen) atoms. The van der Waals surface area contributed by atoms with Gasteiger partial charge in [-0.3, -0.25) is 4.98 Å². The van der Waals surface area contributed by atoms with Crippen molar-refractivity contribution in [2.75, 3.05) is 0 Å². The molecule has 0 spiro atoms. The third kappa shape index (κ3) is 6.80. The Morgan fingerprint density at radius 2 is 0.845 bits per heavy atom. The molecule has 4 nitrogen and oxygen atoms in total. The van der Waals surface area contributed by atoms with Crippen LogP contribution in [0.3, 0.4) is 0 Å². The third-order valence-electron chi connectivity index (χ3n) is 14.3. The van der Waals surface area contributed by atoms with Crippen LogP contribution in [0.2, 0.25) is 0 Å².